The van der Waals surface area contributed by atoms with Gasteiger partial charge in [0.1, 0.15) is 22.8 Å². The van der Waals surface area contributed by atoms with Crippen LogP contribution in [0.25, 0.3) is 0 Å². The summed E-state index contributed by atoms with van der Waals surface area (Å²) < 4.78 is 16.5. The first-order valence-electron chi connectivity index (χ1n) is 9.95. The molecule has 1 aliphatic heterocycles. The zero-order chi connectivity index (χ0) is 21.0. The van der Waals surface area contributed by atoms with Crippen LogP contribution < -0.4 is 15.0 Å². The van der Waals surface area contributed by atoms with E-state index < -0.39 is 12.1 Å². The SMILES string of the molecule is CCC(CC)NC(=O)C1CN(Cc2cc(C(=O)OC)c(C)o2)c2ccccc2O1. The third-order valence-corrected chi connectivity index (χ3v) is 5.21. The Morgan fingerprint density at radius 3 is 2.69 bits per heavy atom. The first kappa shape index (κ1) is 20.8. The molecule has 156 valence electrons. The maximum absolute atomic E-state index is 12.8. The van der Waals surface area contributed by atoms with E-state index in [0.29, 0.717) is 35.9 Å². The number of anilines is 1. The van der Waals surface area contributed by atoms with Crippen LogP contribution in [-0.2, 0) is 16.1 Å². The number of benzene rings is 1. The van der Waals surface area contributed by atoms with Crippen LogP contribution in [0.3, 0.4) is 0 Å². The van der Waals surface area contributed by atoms with E-state index in [4.69, 9.17) is 13.9 Å². The number of esters is 1. The Bertz CT molecular complexity index is 872. The van der Waals surface area contributed by atoms with E-state index in [1.165, 1.54) is 7.11 Å². The third kappa shape index (κ3) is 4.55. The van der Waals surface area contributed by atoms with E-state index in [9.17, 15) is 9.59 Å². The van der Waals surface area contributed by atoms with Crippen molar-refractivity contribution in [3.8, 4) is 5.75 Å². The largest absolute Gasteiger partial charge is 0.477 e. The quantitative estimate of drug-likeness (QED) is 0.717. The number of para-hydroxylation sites is 2. The molecule has 1 N–H and O–H groups in total. The van der Waals surface area contributed by atoms with E-state index in [-0.39, 0.29) is 11.9 Å². The highest BCUT2D eigenvalue weighted by Gasteiger charge is 2.32. The lowest BCUT2D eigenvalue weighted by Gasteiger charge is -2.35. The molecule has 0 saturated heterocycles. The number of fused-ring (bicyclic) bond motifs is 1. The number of amides is 1. The van der Waals surface area contributed by atoms with Crippen LogP contribution in [0.4, 0.5) is 5.69 Å². The lowest BCUT2D eigenvalue weighted by molar-refractivity contribution is -0.128. The second-order valence-electron chi connectivity index (χ2n) is 7.15. The first-order chi connectivity index (χ1) is 14.0. The van der Waals surface area contributed by atoms with Gasteiger partial charge in [0.15, 0.2) is 6.10 Å². The second kappa shape index (κ2) is 9.03. The predicted molar refractivity (Wildman–Crippen MR) is 109 cm³/mol. The Morgan fingerprint density at radius 2 is 2.00 bits per heavy atom. The summed E-state index contributed by atoms with van der Waals surface area (Å²) in [6.07, 6.45) is 1.12. The second-order valence-corrected chi connectivity index (χ2v) is 7.15. The highest BCUT2D eigenvalue weighted by molar-refractivity contribution is 5.90. The molecule has 0 spiro atoms. The number of methoxy groups -OCH3 is 1. The summed E-state index contributed by atoms with van der Waals surface area (Å²) in [6, 6.07) is 9.43. The van der Waals surface area contributed by atoms with Crippen molar-refractivity contribution in [3.05, 3.63) is 47.4 Å². The monoisotopic (exact) mass is 400 g/mol. The van der Waals surface area contributed by atoms with Gasteiger partial charge in [-0.15, -0.1) is 0 Å². The number of furan rings is 1. The molecule has 7 heteroatoms. The normalized spacial score (nSPS) is 15.6. The molecule has 0 saturated carbocycles. The van der Waals surface area contributed by atoms with Gasteiger partial charge in [-0.25, -0.2) is 4.79 Å². The van der Waals surface area contributed by atoms with Crippen molar-refractivity contribution < 1.29 is 23.5 Å². The van der Waals surface area contributed by atoms with Gasteiger partial charge in [-0.2, -0.15) is 0 Å². The molecule has 0 radical (unpaired) electrons. The van der Waals surface area contributed by atoms with Gasteiger partial charge in [-0.1, -0.05) is 26.0 Å². The maximum Gasteiger partial charge on any atom is 0.341 e. The van der Waals surface area contributed by atoms with Crippen LogP contribution in [0.15, 0.2) is 34.7 Å². The molecular weight excluding hydrogens is 372 g/mol. The molecule has 7 nitrogen and oxygen atoms in total. The zero-order valence-electron chi connectivity index (χ0n) is 17.4. The summed E-state index contributed by atoms with van der Waals surface area (Å²) >= 11 is 0. The number of ether oxygens (including phenoxy) is 2. The fourth-order valence-corrected chi connectivity index (χ4v) is 3.50. The van der Waals surface area contributed by atoms with Gasteiger partial charge in [-0.05, 0) is 38.0 Å². The van der Waals surface area contributed by atoms with Crippen LogP contribution in [0.5, 0.6) is 5.75 Å². The highest BCUT2D eigenvalue weighted by Crippen LogP contribution is 2.34. The summed E-state index contributed by atoms with van der Waals surface area (Å²) in [5.41, 5.74) is 1.29. The Balaban J connectivity index is 1.82. The average molecular weight is 400 g/mol. The molecule has 1 atom stereocenters. The van der Waals surface area contributed by atoms with Gasteiger partial charge in [0.05, 0.1) is 25.9 Å². The number of carbonyl (C=O) groups excluding carboxylic acids is 2. The zero-order valence-corrected chi connectivity index (χ0v) is 17.4. The van der Waals surface area contributed by atoms with Crippen molar-refractivity contribution in [2.75, 3.05) is 18.6 Å². The molecule has 0 aliphatic carbocycles. The van der Waals surface area contributed by atoms with E-state index in [2.05, 4.69) is 19.2 Å². The minimum Gasteiger partial charge on any atom is -0.477 e. The van der Waals surface area contributed by atoms with Crippen molar-refractivity contribution in [3.63, 3.8) is 0 Å². The Kier molecular flexibility index (Phi) is 6.46. The molecule has 2 heterocycles. The van der Waals surface area contributed by atoms with Crippen LogP contribution in [0.1, 0.15) is 48.6 Å². The lowest BCUT2D eigenvalue weighted by Crippen LogP contribution is -2.50. The summed E-state index contributed by atoms with van der Waals surface area (Å²) in [7, 11) is 1.34. The number of hydrogen-bond acceptors (Lipinski definition) is 6. The van der Waals surface area contributed by atoms with E-state index >= 15 is 0 Å². The fraction of sp³-hybridized carbons (Fsp3) is 0.455. The number of rotatable bonds is 7. The molecule has 29 heavy (non-hydrogen) atoms. The molecule has 2 aromatic rings. The minimum atomic E-state index is -0.623. The van der Waals surface area contributed by atoms with Crippen molar-refractivity contribution in [2.45, 2.75) is 52.3 Å². The van der Waals surface area contributed by atoms with Crippen LogP contribution in [-0.4, -0.2) is 37.7 Å². The summed E-state index contributed by atoms with van der Waals surface area (Å²) in [5.74, 6) is 1.24. The standard InChI is InChI=1S/C22H28N2O5/c1-5-15(6-2)23-21(25)20-13-24(18-9-7-8-10-19(18)29-20)12-16-11-17(14(3)28-16)22(26)27-4/h7-11,15,20H,5-6,12-13H2,1-4H3,(H,23,25). The van der Waals surface area contributed by atoms with Crippen LogP contribution in [0, 0.1) is 6.92 Å². The molecule has 1 aromatic heterocycles. The van der Waals surface area contributed by atoms with E-state index in [1.54, 1.807) is 13.0 Å². The Morgan fingerprint density at radius 1 is 1.28 bits per heavy atom. The summed E-state index contributed by atoms with van der Waals surface area (Å²) in [4.78, 5) is 26.7. The van der Waals surface area contributed by atoms with Crippen molar-refractivity contribution in [1.29, 1.82) is 0 Å². The van der Waals surface area contributed by atoms with E-state index in [0.717, 1.165) is 18.5 Å². The molecule has 1 aromatic carbocycles. The number of hydrogen-bond donors (Lipinski definition) is 1. The summed E-state index contributed by atoms with van der Waals surface area (Å²) in [5, 5.41) is 3.06. The van der Waals surface area contributed by atoms with Crippen LogP contribution >= 0.6 is 0 Å². The van der Waals surface area contributed by atoms with Crippen molar-refractivity contribution in [1.82, 2.24) is 5.32 Å². The van der Waals surface area contributed by atoms with Crippen molar-refractivity contribution in [2.24, 2.45) is 0 Å². The van der Waals surface area contributed by atoms with Gasteiger partial charge in [0, 0.05) is 6.04 Å². The molecule has 0 fully saturated rings. The predicted octanol–water partition coefficient (Wildman–Crippen LogP) is 3.45. The van der Waals surface area contributed by atoms with Gasteiger partial charge in [0.25, 0.3) is 5.91 Å². The Hall–Kier alpha value is -2.96. The van der Waals surface area contributed by atoms with Gasteiger partial charge in [0.2, 0.25) is 0 Å². The van der Waals surface area contributed by atoms with Gasteiger partial charge < -0.3 is 24.1 Å². The van der Waals surface area contributed by atoms with Gasteiger partial charge >= 0.3 is 5.97 Å². The van der Waals surface area contributed by atoms with Gasteiger partial charge in [-0.3, -0.25) is 4.79 Å². The molecule has 1 unspecified atom stereocenters. The molecule has 1 aliphatic rings. The average Bonchev–Trinajstić information content (AvgIpc) is 3.11. The number of nitrogens with zero attached hydrogens (tertiary/aromatic N) is 1. The minimum absolute atomic E-state index is 0.121. The molecule has 1 amide bonds. The maximum atomic E-state index is 12.8. The third-order valence-electron chi connectivity index (χ3n) is 5.21. The fourth-order valence-electron chi connectivity index (χ4n) is 3.50. The van der Waals surface area contributed by atoms with Crippen LogP contribution in [0.2, 0.25) is 0 Å². The first-order valence-corrected chi connectivity index (χ1v) is 9.95. The number of nitrogens with one attached hydrogen (secondary N) is 1. The van der Waals surface area contributed by atoms with Crippen molar-refractivity contribution >= 4 is 17.6 Å². The number of carbonyl (C=O) groups is 2. The Labute approximate surface area is 171 Å². The number of aryl methyl sites for hydroxylation is 1. The topological polar surface area (TPSA) is 81.0 Å². The summed E-state index contributed by atoms with van der Waals surface area (Å²) in [6.45, 7) is 6.63. The lowest BCUT2D eigenvalue weighted by atomic mass is 10.1. The van der Waals surface area contributed by atoms with E-state index in [1.807, 2.05) is 29.2 Å². The highest BCUT2D eigenvalue weighted by atomic mass is 16.5. The molecule has 3 rings (SSSR count). The molecule has 0 bridgehead atoms. The smallest absolute Gasteiger partial charge is 0.341 e. The molecular formula is C22H28N2O5.